The van der Waals surface area contributed by atoms with Gasteiger partial charge in [-0.1, -0.05) is 279 Å². The van der Waals surface area contributed by atoms with Gasteiger partial charge in [0.25, 0.3) is 5.79 Å². The number of fused-ring (bicyclic) bond motifs is 11. The molecule has 8 nitrogen and oxygen atoms in total. The summed E-state index contributed by atoms with van der Waals surface area (Å²) in [5.41, 5.74) is 31.4. The molecular formula is C122H92N6O2. The van der Waals surface area contributed by atoms with Crippen LogP contribution in [0, 0.1) is 11.8 Å². The summed E-state index contributed by atoms with van der Waals surface area (Å²) in [5.74, 6) is 0.685. The summed E-state index contributed by atoms with van der Waals surface area (Å²) in [6.07, 6.45) is 32.2. The SMILES string of the molecule is C1=CCCC(N(C2=CCCC=C2)C2=CCC(C3C=Cc4c(c5cc(-c6ccc(N(c7ccccc7)c7ccccc7)cc6)ccc5n4-c4ccc5c(c4)OC4(c6ccccc6)Oc6cc(-n7c8ccc(-c9ccc(N(c%10ccccc%10)c%10ccccc%10)cc9)cc8c8cc(-c9ccc(N(c%10ccccc%10)c%10ccccc%10)cc9)ccc87)ccc6C54c4ccccc4)C3)C=C2)=C1. The molecule has 2 aromatic heterocycles. The topological polar surface area (TPSA) is 41.3 Å². The molecule has 4 atom stereocenters. The first-order valence-corrected chi connectivity index (χ1v) is 45.6. The molecule has 0 radical (unpaired) electrons. The smallest absolute Gasteiger partial charge is 0.296 e. The molecule has 0 saturated heterocycles. The Kier molecular flexibility index (Phi) is 19.5. The number of nitrogens with zero attached hydrogens (tertiary/aromatic N) is 6. The Bertz CT molecular complexity index is 7270. The molecule has 130 heavy (non-hydrogen) atoms. The highest BCUT2D eigenvalue weighted by atomic mass is 16.7. The van der Waals surface area contributed by atoms with E-state index in [1.165, 1.54) is 39.3 Å². The van der Waals surface area contributed by atoms with E-state index < -0.39 is 11.2 Å². The van der Waals surface area contributed by atoms with Crippen LogP contribution < -0.4 is 24.2 Å². The molecule has 0 bridgehead atoms. The summed E-state index contributed by atoms with van der Waals surface area (Å²) in [4.78, 5) is 9.48. The number of hydrogen-bond acceptors (Lipinski definition) is 6. The molecule has 2 aliphatic heterocycles. The molecular weight excluding hydrogens is 1580 g/mol. The van der Waals surface area contributed by atoms with Crippen LogP contribution >= 0.6 is 0 Å². The Morgan fingerprint density at radius 2 is 0.692 bits per heavy atom. The minimum atomic E-state index is -1.39. The molecule has 8 heteroatoms. The fourth-order valence-corrected chi connectivity index (χ4v) is 21.3. The predicted octanol–water partition coefficient (Wildman–Crippen LogP) is 31.5. The van der Waals surface area contributed by atoms with Crippen molar-refractivity contribution in [1.29, 1.82) is 0 Å². The lowest BCUT2D eigenvalue weighted by atomic mass is 9.64. The summed E-state index contributed by atoms with van der Waals surface area (Å²) in [5, 5.41) is 3.52. The molecule has 0 fully saturated rings. The molecule has 4 aliphatic carbocycles. The third-order valence-corrected chi connectivity index (χ3v) is 27.3. The van der Waals surface area contributed by atoms with E-state index in [2.05, 4.69) is 502 Å². The van der Waals surface area contributed by atoms with Gasteiger partial charge >= 0.3 is 0 Å². The van der Waals surface area contributed by atoms with Crippen molar-refractivity contribution in [3.05, 3.63) is 518 Å². The molecule has 0 N–H and O–H groups in total. The van der Waals surface area contributed by atoms with E-state index in [0.29, 0.717) is 5.92 Å². The fourth-order valence-electron chi connectivity index (χ4n) is 21.3. The Morgan fingerprint density at radius 3 is 1.11 bits per heavy atom. The molecule has 0 amide bonds. The second kappa shape index (κ2) is 32.7. The van der Waals surface area contributed by atoms with E-state index >= 15 is 0 Å². The third-order valence-electron chi connectivity index (χ3n) is 27.3. The van der Waals surface area contributed by atoms with Crippen molar-refractivity contribution < 1.29 is 9.47 Å². The van der Waals surface area contributed by atoms with Crippen molar-refractivity contribution >= 4 is 90.0 Å². The van der Waals surface area contributed by atoms with Gasteiger partial charge in [0.05, 0.1) is 16.6 Å². The number of anilines is 9. The van der Waals surface area contributed by atoms with Crippen molar-refractivity contribution in [2.45, 2.75) is 49.7 Å². The first-order chi connectivity index (χ1) is 64.4. The Balaban J connectivity index is 0.626. The molecule has 4 unspecified atom stereocenters. The van der Waals surface area contributed by atoms with Gasteiger partial charge in [0, 0.05) is 130 Å². The number of hydrogen-bond donors (Lipinski definition) is 0. The number of para-hydroxylation sites is 6. The van der Waals surface area contributed by atoms with Crippen molar-refractivity contribution in [3.8, 4) is 56.3 Å². The normalized spacial score (nSPS) is 17.4. The summed E-state index contributed by atoms with van der Waals surface area (Å²) >= 11 is 0. The molecule has 0 spiro atoms. The van der Waals surface area contributed by atoms with E-state index in [9.17, 15) is 0 Å². The average Bonchev–Trinajstić information content (AvgIpc) is 1.49. The van der Waals surface area contributed by atoms with Gasteiger partial charge in [0.1, 0.15) is 16.9 Å². The number of allylic oxidation sites excluding steroid dienone is 11. The van der Waals surface area contributed by atoms with Crippen LogP contribution in [0.25, 0.3) is 83.5 Å². The number of aromatic nitrogens is 2. The zero-order valence-electron chi connectivity index (χ0n) is 71.9. The lowest BCUT2D eigenvalue weighted by molar-refractivity contribution is -0.119. The molecule has 6 aliphatic rings. The summed E-state index contributed by atoms with van der Waals surface area (Å²) < 4.78 is 20.9. The summed E-state index contributed by atoms with van der Waals surface area (Å²) in [6.45, 7) is 0. The molecule has 622 valence electrons. The van der Waals surface area contributed by atoms with E-state index in [4.69, 9.17) is 9.47 Å². The van der Waals surface area contributed by atoms with E-state index in [-0.39, 0.29) is 5.92 Å². The Labute approximate surface area is 758 Å². The van der Waals surface area contributed by atoms with Gasteiger partial charge in [-0.2, -0.15) is 0 Å². The highest BCUT2D eigenvalue weighted by Gasteiger charge is 2.70. The molecule has 18 aromatic rings. The average molecular weight is 1670 g/mol. The molecule has 4 heterocycles. The van der Waals surface area contributed by atoms with Crippen LogP contribution in [0.4, 0.5) is 51.2 Å². The molecule has 16 aromatic carbocycles. The van der Waals surface area contributed by atoms with Crippen LogP contribution in [0.3, 0.4) is 0 Å². The number of rotatable bonds is 20. The minimum Gasteiger partial charge on any atom is -0.446 e. The largest absolute Gasteiger partial charge is 0.446 e. The quantitative estimate of drug-likeness (QED) is 0.0757. The van der Waals surface area contributed by atoms with Crippen LogP contribution in [0.1, 0.15) is 65.6 Å². The van der Waals surface area contributed by atoms with Crippen molar-refractivity contribution in [1.82, 2.24) is 14.0 Å². The van der Waals surface area contributed by atoms with Gasteiger partial charge in [-0.05, 0) is 277 Å². The van der Waals surface area contributed by atoms with Crippen LogP contribution in [0.2, 0.25) is 0 Å². The van der Waals surface area contributed by atoms with Crippen LogP contribution in [0.5, 0.6) is 11.5 Å². The fraction of sp³-hybridized carbons (Fsp3) is 0.0820. The standard InChI is InChI=1S/C122H92N6O2/c1-11-31-93(32-12-1)121-113-73-71-107(127-115-75-59-89(85-51-63-103(64-52-85)123(95-35-15-3-16-36-95)96-37-17-4-18-38-96)79-109(115)110-80-90(60-76-116(110)127)86-53-65-104(66-54-86)124(97-39-19-5-20-40-97)98-41-21-6-22-42-98)83-119(113)129-122(121,94-33-13-2-14-34-94)130-120-84-108(72-74-114(120)121)128-117-77-61-91(87-55-67-105(68-56-87)125(99-43-23-7-24-44-99)100-45-25-8-26-46-100)81-111(117)112-82-92(62-78-118(112)128)88-57-69-106(70-58-88)126(101-47-27-9-28-48-101)102-49-29-10-30-50-102/h1-9,11-27,29,31-47,49-57,59-81,83-84,88,92H,10,28,30,48,58,82H2. The zero-order chi connectivity index (χ0) is 86.1. The highest BCUT2D eigenvalue weighted by Crippen LogP contribution is 2.68. The molecule has 0 saturated carbocycles. The van der Waals surface area contributed by atoms with Crippen LogP contribution in [-0.2, 0) is 17.6 Å². The second-order valence-electron chi connectivity index (χ2n) is 34.7. The highest BCUT2D eigenvalue weighted by molar-refractivity contribution is 6.12. The number of ether oxygens (including phenoxy) is 2. The van der Waals surface area contributed by atoms with Crippen molar-refractivity contribution in [2.75, 3.05) is 14.7 Å². The monoisotopic (exact) mass is 1670 g/mol. The maximum absolute atomic E-state index is 8.01. The summed E-state index contributed by atoms with van der Waals surface area (Å²) in [7, 11) is 0. The first kappa shape index (κ1) is 77.4. The Hall–Kier alpha value is -16.2. The van der Waals surface area contributed by atoms with Crippen LogP contribution in [0.15, 0.2) is 484 Å². The maximum Gasteiger partial charge on any atom is 0.296 e. The molecule has 24 rings (SSSR count). The number of benzene rings is 16. The maximum atomic E-state index is 8.01. The van der Waals surface area contributed by atoms with Gasteiger partial charge in [-0.3, -0.25) is 0 Å². The van der Waals surface area contributed by atoms with Crippen molar-refractivity contribution in [2.24, 2.45) is 11.8 Å². The predicted molar refractivity (Wildman–Crippen MR) is 536 cm³/mol. The van der Waals surface area contributed by atoms with E-state index in [1.807, 2.05) is 0 Å². The van der Waals surface area contributed by atoms with E-state index in [1.54, 1.807) is 0 Å². The lowest BCUT2D eigenvalue weighted by Crippen LogP contribution is -2.50. The van der Waals surface area contributed by atoms with Gasteiger partial charge in [-0.15, -0.1) is 0 Å². The van der Waals surface area contributed by atoms with Crippen molar-refractivity contribution in [3.63, 3.8) is 0 Å². The van der Waals surface area contributed by atoms with Gasteiger partial charge in [0.15, 0.2) is 0 Å². The zero-order valence-corrected chi connectivity index (χ0v) is 71.9. The van der Waals surface area contributed by atoms with Gasteiger partial charge < -0.3 is 38.2 Å². The second-order valence-corrected chi connectivity index (χ2v) is 34.7. The van der Waals surface area contributed by atoms with E-state index in [0.717, 1.165) is 190 Å². The van der Waals surface area contributed by atoms with Gasteiger partial charge in [0.2, 0.25) is 0 Å². The third kappa shape index (κ3) is 13.3. The van der Waals surface area contributed by atoms with Gasteiger partial charge in [-0.25, -0.2) is 0 Å². The lowest BCUT2D eigenvalue weighted by Gasteiger charge is -2.38. The minimum absolute atomic E-state index is 0.262. The first-order valence-electron chi connectivity index (χ1n) is 45.6. The summed E-state index contributed by atoms with van der Waals surface area (Å²) in [6, 6.07) is 148. The Morgan fingerprint density at radius 1 is 0.300 bits per heavy atom. The van der Waals surface area contributed by atoms with Crippen LogP contribution in [-0.4, -0.2) is 14.0 Å².